The summed E-state index contributed by atoms with van der Waals surface area (Å²) in [7, 11) is 4.09. The molecule has 1 fully saturated rings. The summed E-state index contributed by atoms with van der Waals surface area (Å²) in [6.45, 7) is 4.06. The van der Waals surface area contributed by atoms with Gasteiger partial charge in [-0.25, -0.2) is 0 Å². The zero-order valence-corrected chi connectivity index (χ0v) is 15.6. The maximum absolute atomic E-state index is 4.63. The SMILES string of the molecule is CNc1cc(C2=CCNC2)ccc1N(C)c1cnn(C2CCNCC2)c1. The van der Waals surface area contributed by atoms with Gasteiger partial charge in [-0.1, -0.05) is 12.1 Å². The summed E-state index contributed by atoms with van der Waals surface area (Å²) in [5.41, 5.74) is 6.06. The predicted octanol–water partition coefficient (Wildman–Crippen LogP) is 2.60. The normalized spacial score (nSPS) is 18.0. The number of nitrogens with one attached hydrogen (secondary N) is 3. The van der Waals surface area contributed by atoms with Gasteiger partial charge in [0.2, 0.25) is 0 Å². The zero-order valence-electron chi connectivity index (χ0n) is 15.6. The van der Waals surface area contributed by atoms with Gasteiger partial charge in [0.15, 0.2) is 0 Å². The summed E-state index contributed by atoms with van der Waals surface area (Å²) >= 11 is 0. The summed E-state index contributed by atoms with van der Waals surface area (Å²) in [5.74, 6) is 0. The number of hydrogen-bond acceptors (Lipinski definition) is 5. The van der Waals surface area contributed by atoms with Gasteiger partial charge in [-0.05, 0) is 49.2 Å². The van der Waals surface area contributed by atoms with Gasteiger partial charge in [0.25, 0.3) is 0 Å². The molecule has 0 radical (unpaired) electrons. The molecular weight excluding hydrogens is 324 g/mol. The predicted molar refractivity (Wildman–Crippen MR) is 108 cm³/mol. The van der Waals surface area contributed by atoms with Gasteiger partial charge in [-0.3, -0.25) is 4.68 Å². The summed E-state index contributed by atoms with van der Waals surface area (Å²) in [6.07, 6.45) is 8.70. The number of hydrogen-bond donors (Lipinski definition) is 3. The highest BCUT2D eigenvalue weighted by Gasteiger charge is 2.18. The second-order valence-electron chi connectivity index (χ2n) is 7.06. The van der Waals surface area contributed by atoms with Crippen molar-refractivity contribution in [2.24, 2.45) is 0 Å². The third-order valence-electron chi connectivity index (χ3n) is 5.46. The van der Waals surface area contributed by atoms with Crippen molar-refractivity contribution in [1.29, 1.82) is 0 Å². The molecule has 6 heteroatoms. The molecule has 2 aliphatic heterocycles. The molecule has 0 unspecified atom stereocenters. The average molecular weight is 352 g/mol. The number of benzene rings is 1. The minimum absolute atomic E-state index is 0.506. The van der Waals surface area contributed by atoms with E-state index in [9.17, 15) is 0 Å². The highest BCUT2D eigenvalue weighted by atomic mass is 15.3. The lowest BCUT2D eigenvalue weighted by molar-refractivity contribution is 0.343. The van der Waals surface area contributed by atoms with Crippen LogP contribution in [0.1, 0.15) is 24.4 Å². The smallest absolute Gasteiger partial charge is 0.0794 e. The summed E-state index contributed by atoms with van der Waals surface area (Å²) < 4.78 is 2.13. The summed E-state index contributed by atoms with van der Waals surface area (Å²) in [4.78, 5) is 2.21. The highest BCUT2D eigenvalue weighted by molar-refractivity contribution is 5.81. The van der Waals surface area contributed by atoms with E-state index in [1.54, 1.807) is 0 Å². The van der Waals surface area contributed by atoms with E-state index in [4.69, 9.17) is 0 Å². The van der Waals surface area contributed by atoms with E-state index >= 15 is 0 Å². The Hall–Kier alpha value is -2.31. The molecule has 138 valence electrons. The van der Waals surface area contributed by atoms with E-state index in [0.29, 0.717) is 6.04 Å². The monoisotopic (exact) mass is 352 g/mol. The zero-order chi connectivity index (χ0) is 17.9. The second kappa shape index (κ2) is 7.51. The Bertz CT molecular complexity index is 787. The van der Waals surface area contributed by atoms with Crippen LogP contribution in [0.3, 0.4) is 0 Å². The lowest BCUT2D eigenvalue weighted by Gasteiger charge is -2.24. The van der Waals surface area contributed by atoms with Crippen LogP contribution in [0, 0.1) is 0 Å². The Kier molecular flexibility index (Phi) is 4.95. The molecular formula is C20H28N6. The van der Waals surface area contributed by atoms with Crippen LogP contribution in [0.4, 0.5) is 17.1 Å². The van der Waals surface area contributed by atoms with Crippen molar-refractivity contribution >= 4 is 22.6 Å². The van der Waals surface area contributed by atoms with E-state index in [0.717, 1.165) is 56.1 Å². The van der Waals surface area contributed by atoms with E-state index in [1.807, 2.05) is 13.2 Å². The average Bonchev–Trinajstić information content (AvgIpc) is 3.40. The van der Waals surface area contributed by atoms with Crippen molar-refractivity contribution in [2.45, 2.75) is 18.9 Å². The Labute approximate surface area is 155 Å². The molecule has 26 heavy (non-hydrogen) atoms. The molecule has 2 aromatic rings. The van der Waals surface area contributed by atoms with Gasteiger partial charge in [0.1, 0.15) is 0 Å². The molecule has 1 saturated heterocycles. The Morgan fingerprint density at radius 3 is 2.81 bits per heavy atom. The van der Waals surface area contributed by atoms with Crippen LogP contribution >= 0.6 is 0 Å². The van der Waals surface area contributed by atoms with Gasteiger partial charge >= 0.3 is 0 Å². The molecule has 3 N–H and O–H groups in total. The second-order valence-corrected chi connectivity index (χ2v) is 7.06. The largest absolute Gasteiger partial charge is 0.386 e. The first-order chi connectivity index (χ1) is 12.8. The van der Waals surface area contributed by atoms with Crippen LogP contribution in [-0.2, 0) is 0 Å². The maximum Gasteiger partial charge on any atom is 0.0794 e. The number of aromatic nitrogens is 2. The minimum Gasteiger partial charge on any atom is -0.386 e. The first-order valence-corrected chi connectivity index (χ1v) is 9.47. The Morgan fingerprint density at radius 1 is 1.23 bits per heavy atom. The maximum atomic E-state index is 4.63. The molecule has 6 nitrogen and oxygen atoms in total. The molecule has 4 rings (SSSR count). The van der Waals surface area contributed by atoms with Crippen LogP contribution in [-0.4, -0.2) is 50.1 Å². The molecule has 0 amide bonds. The minimum atomic E-state index is 0.506. The molecule has 0 atom stereocenters. The fourth-order valence-electron chi connectivity index (χ4n) is 3.83. The standard InChI is InChI=1S/C20H28N6/c1-21-19-11-15(16-5-8-23-12-16)3-4-20(19)25(2)18-13-24-26(14-18)17-6-9-22-10-7-17/h3-5,11,13-14,17,21-23H,6-10,12H2,1-2H3. The Balaban J connectivity index is 1.57. The molecule has 0 bridgehead atoms. The van der Waals surface area contributed by atoms with Crippen LogP contribution < -0.4 is 20.9 Å². The molecule has 0 spiro atoms. The van der Waals surface area contributed by atoms with Gasteiger partial charge < -0.3 is 20.9 Å². The van der Waals surface area contributed by atoms with E-state index in [1.165, 1.54) is 11.1 Å². The van der Waals surface area contributed by atoms with Crippen molar-refractivity contribution in [1.82, 2.24) is 20.4 Å². The number of nitrogens with zero attached hydrogens (tertiary/aromatic N) is 3. The van der Waals surface area contributed by atoms with Crippen molar-refractivity contribution in [3.63, 3.8) is 0 Å². The third kappa shape index (κ3) is 3.34. The first-order valence-electron chi connectivity index (χ1n) is 9.47. The van der Waals surface area contributed by atoms with E-state index in [-0.39, 0.29) is 0 Å². The highest BCUT2D eigenvalue weighted by Crippen LogP contribution is 2.34. The summed E-state index contributed by atoms with van der Waals surface area (Å²) in [6, 6.07) is 7.15. The molecule has 3 heterocycles. The Morgan fingerprint density at radius 2 is 2.08 bits per heavy atom. The molecule has 0 aliphatic carbocycles. The topological polar surface area (TPSA) is 57.1 Å². The fourth-order valence-corrected chi connectivity index (χ4v) is 3.83. The van der Waals surface area contributed by atoms with Gasteiger partial charge in [0, 0.05) is 33.4 Å². The van der Waals surface area contributed by atoms with E-state index < -0.39 is 0 Å². The molecule has 2 aliphatic rings. The molecule has 1 aromatic carbocycles. The van der Waals surface area contributed by atoms with Crippen LogP contribution in [0.15, 0.2) is 36.7 Å². The summed E-state index contributed by atoms with van der Waals surface area (Å²) in [5, 5.41) is 14.8. The van der Waals surface area contributed by atoms with Crippen molar-refractivity contribution in [3.05, 3.63) is 42.2 Å². The molecule has 0 saturated carbocycles. The van der Waals surface area contributed by atoms with Crippen LogP contribution in [0.25, 0.3) is 5.57 Å². The van der Waals surface area contributed by atoms with Crippen molar-refractivity contribution in [3.8, 4) is 0 Å². The van der Waals surface area contributed by atoms with Crippen LogP contribution in [0.5, 0.6) is 0 Å². The van der Waals surface area contributed by atoms with Gasteiger partial charge in [0.05, 0.1) is 29.3 Å². The van der Waals surface area contributed by atoms with Gasteiger partial charge in [-0.2, -0.15) is 5.10 Å². The third-order valence-corrected chi connectivity index (χ3v) is 5.46. The van der Waals surface area contributed by atoms with Crippen molar-refractivity contribution < 1.29 is 0 Å². The lowest BCUT2D eigenvalue weighted by Crippen LogP contribution is -2.29. The number of anilines is 3. The fraction of sp³-hybridized carbons (Fsp3) is 0.450. The molecule has 1 aromatic heterocycles. The quantitative estimate of drug-likeness (QED) is 0.772. The number of rotatable bonds is 5. The van der Waals surface area contributed by atoms with Crippen LogP contribution in [0.2, 0.25) is 0 Å². The van der Waals surface area contributed by atoms with E-state index in [2.05, 4.69) is 68.2 Å². The number of piperidine rings is 1. The lowest BCUT2D eigenvalue weighted by atomic mass is 10.0. The first kappa shape index (κ1) is 17.1. The van der Waals surface area contributed by atoms with Gasteiger partial charge in [-0.15, -0.1) is 0 Å². The van der Waals surface area contributed by atoms with Crippen molar-refractivity contribution in [2.75, 3.05) is 50.5 Å².